The summed E-state index contributed by atoms with van der Waals surface area (Å²) in [6, 6.07) is 0. The Balaban J connectivity index is 1.54. The van der Waals surface area contributed by atoms with Gasteiger partial charge in [0.25, 0.3) is 12.6 Å². The van der Waals surface area contributed by atoms with E-state index in [1.807, 2.05) is 0 Å². The molecule has 0 aromatic carbocycles. The molecule has 58 valence electrons. The van der Waals surface area contributed by atoms with Crippen molar-refractivity contribution >= 4 is 0 Å². The molecular weight excluding hydrogens is 144 g/mol. The van der Waals surface area contributed by atoms with E-state index < -0.39 is 12.6 Å². The van der Waals surface area contributed by atoms with Crippen LogP contribution >= 0.6 is 0 Å². The zero-order valence-corrected chi connectivity index (χ0v) is 5.02. The molecule has 0 aliphatic carbocycles. The molecule has 2 rings (SSSR count). The number of rotatable bonds is 3. The van der Waals surface area contributed by atoms with Crippen LogP contribution in [0.2, 0.25) is 0 Å². The molecule has 0 N–H and O–H groups in total. The maximum Gasteiger partial charge on any atom is 0.250 e. The van der Waals surface area contributed by atoms with E-state index in [-0.39, 0.29) is 0 Å². The van der Waals surface area contributed by atoms with Gasteiger partial charge >= 0.3 is 0 Å². The van der Waals surface area contributed by atoms with Crippen molar-refractivity contribution < 1.29 is 29.3 Å². The minimum absolute atomic E-state index is 0.383. The maximum atomic E-state index is 4.63. The van der Waals surface area contributed by atoms with E-state index in [1.54, 1.807) is 0 Å². The number of hydrogen-bond donors (Lipinski definition) is 0. The lowest BCUT2D eigenvalue weighted by atomic mass is 10.7. The third kappa shape index (κ3) is 1.26. The smallest absolute Gasteiger partial charge is 0.228 e. The molecule has 2 aliphatic heterocycles. The molecule has 2 unspecified atom stereocenters. The zero-order valence-electron chi connectivity index (χ0n) is 5.02. The molecule has 0 radical (unpaired) electrons. The van der Waals surface area contributed by atoms with E-state index in [4.69, 9.17) is 0 Å². The van der Waals surface area contributed by atoms with Gasteiger partial charge in [0.05, 0.1) is 0 Å². The predicted octanol–water partition coefficient (Wildman–Crippen LogP) is -0.490. The molecule has 2 atom stereocenters. The van der Waals surface area contributed by atoms with Crippen molar-refractivity contribution in [3.05, 3.63) is 0 Å². The van der Waals surface area contributed by atoms with Crippen molar-refractivity contribution in [3.8, 4) is 0 Å². The molecule has 6 heteroatoms. The standard InChI is InChI=1S/C4H6O6/c1-3(7-5-1)9-10-4-2-6-8-4/h3-4H,1-2H2. The van der Waals surface area contributed by atoms with Gasteiger partial charge in [-0.25, -0.2) is 9.78 Å². The minimum Gasteiger partial charge on any atom is -0.228 e. The van der Waals surface area contributed by atoms with Gasteiger partial charge in [-0.05, 0) is 0 Å². The summed E-state index contributed by atoms with van der Waals surface area (Å²) in [5.41, 5.74) is 0. The Hall–Kier alpha value is -0.240. The fraction of sp³-hybridized carbons (Fsp3) is 1.00. The molecule has 0 bridgehead atoms. The minimum atomic E-state index is -0.427. The van der Waals surface area contributed by atoms with Crippen LogP contribution in [0.3, 0.4) is 0 Å². The predicted molar refractivity (Wildman–Crippen MR) is 23.8 cm³/mol. The van der Waals surface area contributed by atoms with Crippen LogP contribution in [0.5, 0.6) is 0 Å². The first-order valence-corrected chi connectivity index (χ1v) is 2.84. The fourth-order valence-corrected chi connectivity index (χ4v) is 0.459. The molecule has 0 saturated carbocycles. The average molecular weight is 150 g/mol. The Morgan fingerprint density at radius 3 is 1.50 bits per heavy atom. The van der Waals surface area contributed by atoms with Gasteiger partial charge in [0.15, 0.2) is 0 Å². The van der Waals surface area contributed by atoms with Gasteiger partial charge in [-0.3, -0.25) is 0 Å². The van der Waals surface area contributed by atoms with Crippen molar-refractivity contribution in [2.75, 3.05) is 13.2 Å². The van der Waals surface area contributed by atoms with E-state index in [2.05, 4.69) is 29.3 Å². The van der Waals surface area contributed by atoms with Gasteiger partial charge in [0.1, 0.15) is 13.2 Å². The molecule has 2 heterocycles. The van der Waals surface area contributed by atoms with Crippen LogP contribution in [0.4, 0.5) is 0 Å². The van der Waals surface area contributed by atoms with Crippen LogP contribution in [0.1, 0.15) is 0 Å². The normalized spacial score (nSPS) is 38.4. The van der Waals surface area contributed by atoms with Crippen LogP contribution in [0.15, 0.2) is 0 Å². The molecule has 0 spiro atoms. The Labute approximate surface area is 56.3 Å². The van der Waals surface area contributed by atoms with Crippen molar-refractivity contribution in [3.63, 3.8) is 0 Å². The van der Waals surface area contributed by atoms with Crippen molar-refractivity contribution in [2.24, 2.45) is 0 Å². The lowest BCUT2D eigenvalue weighted by Crippen LogP contribution is -2.39. The average Bonchev–Trinajstić information content (AvgIpc) is 1.70. The van der Waals surface area contributed by atoms with Crippen LogP contribution < -0.4 is 0 Å². The van der Waals surface area contributed by atoms with Crippen LogP contribution in [-0.4, -0.2) is 25.8 Å². The first-order valence-electron chi connectivity index (χ1n) is 2.84. The monoisotopic (exact) mass is 150 g/mol. The summed E-state index contributed by atoms with van der Waals surface area (Å²) in [7, 11) is 0. The Kier molecular flexibility index (Phi) is 1.80. The molecule has 2 saturated heterocycles. The van der Waals surface area contributed by atoms with Crippen molar-refractivity contribution in [2.45, 2.75) is 12.6 Å². The van der Waals surface area contributed by atoms with Gasteiger partial charge in [-0.15, -0.1) is 0 Å². The maximum absolute atomic E-state index is 4.63. The Morgan fingerprint density at radius 2 is 1.30 bits per heavy atom. The first kappa shape index (κ1) is 6.47. The van der Waals surface area contributed by atoms with Crippen molar-refractivity contribution in [1.82, 2.24) is 0 Å². The summed E-state index contributed by atoms with van der Waals surface area (Å²) in [6.45, 7) is 0.765. The second kappa shape index (κ2) is 2.79. The van der Waals surface area contributed by atoms with Crippen LogP contribution in [0.25, 0.3) is 0 Å². The highest BCUT2D eigenvalue weighted by atomic mass is 17.4. The highest BCUT2D eigenvalue weighted by Gasteiger charge is 2.28. The van der Waals surface area contributed by atoms with E-state index in [1.165, 1.54) is 0 Å². The van der Waals surface area contributed by atoms with E-state index >= 15 is 0 Å². The Bertz CT molecular complexity index is 94.3. The lowest BCUT2D eigenvalue weighted by Gasteiger charge is -2.27. The summed E-state index contributed by atoms with van der Waals surface area (Å²) in [4.78, 5) is 26.8. The SMILES string of the molecule is C1OOC1OOC1COO1. The molecule has 2 aliphatic rings. The summed E-state index contributed by atoms with van der Waals surface area (Å²) in [5, 5.41) is 0. The van der Waals surface area contributed by atoms with E-state index in [0.717, 1.165) is 0 Å². The lowest BCUT2D eigenvalue weighted by molar-refractivity contribution is -0.603. The summed E-state index contributed by atoms with van der Waals surface area (Å²) in [6.07, 6.45) is -0.853. The molecule has 6 nitrogen and oxygen atoms in total. The largest absolute Gasteiger partial charge is 0.250 e. The van der Waals surface area contributed by atoms with E-state index in [9.17, 15) is 0 Å². The molecule has 0 aromatic rings. The topological polar surface area (TPSA) is 55.4 Å². The van der Waals surface area contributed by atoms with Crippen LogP contribution in [0, 0.1) is 0 Å². The molecule has 0 amide bonds. The third-order valence-corrected chi connectivity index (χ3v) is 1.03. The third-order valence-electron chi connectivity index (χ3n) is 1.03. The molecular formula is C4H6O6. The Morgan fingerprint density at radius 1 is 0.900 bits per heavy atom. The van der Waals surface area contributed by atoms with E-state index in [0.29, 0.717) is 13.2 Å². The molecule has 2 fully saturated rings. The molecule has 0 aromatic heterocycles. The van der Waals surface area contributed by atoms with Crippen molar-refractivity contribution in [1.29, 1.82) is 0 Å². The molecule has 10 heavy (non-hydrogen) atoms. The van der Waals surface area contributed by atoms with Crippen LogP contribution in [-0.2, 0) is 29.3 Å². The zero-order chi connectivity index (χ0) is 6.81. The fourth-order valence-electron chi connectivity index (χ4n) is 0.459. The first-order chi connectivity index (χ1) is 4.95. The quantitative estimate of drug-likeness (QED) is 0.399. The summed E-state index contributed by atoms with van der Waals surface area (Å²) < 4.78 is 0. The van der Waals surface area contributed by atoms with Gasteiger partial charge < -0.3 is 0 Å². The summed E-state index contributed by atoms with van der Waals surface area (Å²) in [5.74, 6) is 0. The summed E-state index contributed by atoms with van der Waals surface area (Å²) >= 11 is 0. The highest BCUT2D eigenvalue weighted by molar-refractivity contribution is 4.41. The second-order valence-electron chi connectivity index (χ2n) is 1.81. The highest BCUT2D eigenvalue weighted by Crippen LogP contribution is 2.13. The van der Waals surface area contributed by atoms with Gasteiger partial charge in [0.2, 0.25) is 0 Å². The van der Waals surface area contributed by atoms with Gasteiger partial charge in [0, 0.05) is 0 Å². The van der Waals surface area contributed by atoms with Gasteiger partial charge in [-0.1, -0.05) is 0 Å². The van der Waals surface area contributed by atoms with Gasteiger partial charge in [-0.2, -0.15) is 19.6 Å². The second-order valence-corrected chi connectivity index (χ2v) is 1.81. The number of hydrogen-bond acceptors (Lipinski definition) is 6.